The fourth-order valence-electron chi connectivity index (χ4n) is 2.99. The maximum absolute atomic E-state index is 12.6. The van der Waals surface area contributed by atoms with Gasteiger partial charge in [-0.2, -0.15) is 0 Å². The van der Waals surface area contributed by atoms with Crippen LogP contribution in [-0.2, 0) is 16.1 Å². The molecule has 0 radical (unpaired) electrons. The number of carbonyl (C=O) groups excluding carboxylic acids is 2. The van der Waals surface area contributed by atoms with Crippen LogP contribution in [0.3, 0.4) is 0 Å². The van der Waals surface area contributed by atoms with Crippen molar-refractivity contribution in [1.29, 1.82) is 0 Å². The first-order chi connectivity index (χ1) is 12.5. The number of imide groups is 1. The van der Waals surface area contributed by atoms with Gasteiger partial charge in [0.25, 0.3) is 5.91 Å². The van der Waals surface area contributed by atoms with Crippen LogP contribution >= 0.6 is 11.6 Å². The van der Waals surface area contributed by atoms with E-state index in [4.69, 9.17) is 21.1 Å². The van der Waals surface area contributed by atoms with Gasteiger partial charge < -0.3 is 14.8 Å². The van der Waals surface area contributed by atoms with E-state index < -0.39 is 6.04 Å². The summed E-state index contributed by atoms with van der Waals surface area (Å²) in [5, 5.41) is 2.43. The predicted molar refractivity (Wildman–Crippen MR) is 97.5 cm³/mol. The van der Waals surface area contributed by atoms with Crippen LogP contribution in [0.15, 0.2) is 42.5 Å². The normalized spacial score (nSPS) is 16.9. The van der Waals surface area contributed by atoms with Crippen molar-refractivity contribution in [2.24, 2.45) is 0 Å². The minimum absolute atomic E-state index is 0.175. The van der Waals surface area contributed by atoms with Crippen LogP contribution in [0.5, 0.6) is 11.5 Å². The second-order valence-electron chi connectivity index (χ2n) is 5.98. The number of hydrogen-bond acceptors (Lipinski definition) is 4. The standard InChI is InChI=1S/C19H19ClN2O4/c1-25-16-8-3-12(9-17(16)26-2)11-21-15-10-18(23)22(19(15)24)14-6-4-13(20)5-7-14/h3-9,15,21H,10-11H2,1-2H3/p+1/t15-/m0/s1. The summed E-state index contributed by atoms with van der Waals surface area (Å²) in [6.45, 7) is 0.554. The Labute approximate surface area is 156 Å². The van der Waals surface area contributed by atoms with E-state index in [0.717, 1.165) is 5.56 Å². The fourth-order valence-corrected chi connectivity index (χ4v) is 3.11. The molecular formula is C19H20ClN2O4+. The van der Waals surface area contributed by atoms with Crippen LogP contribution in [-0.4, -0.2) is 32.1 Å². The van der Waals surface area contributed by atoms with Gasteiger partial charge in [0.2, 0.25) is 5.91 Å². The molecule has 1 aliphatic heterocycles. The molecule has 2 N–H and O–H groups in total. The van der Waals surface area contributed by atoms with E-state index in [-0.39, 0.29) is 18.2 Å². The van der Waals surface area contributed by atoms with E-state index >= 15 is 0 Å². The molecule has 1 fully saturated rings. The third-order valence-electron chi connectivity index (χ3n) is 4.35. The zero-order valence-electron chi connectivity index (χ0n) is 14.6. The highest BCUT2D eigenvalue weighted by atomic mass is 35.5. The molecule has 0 aromatic heterocycles. The van der Waals surface area contributed by atoms with Crippen molar-refractivity contribution in [2.75, 3.05) is 19.1 Å². The Morgan fingerprint density at radius 3 is 2.42 bits per heavy atom. The molecule has 0 spiro atoms. The third-order valence-corrected chi connectivity index (χ3v) is 4.60. The number of nitrogens with zero attached hydrogens (tertiary/aromatic N) is 1. The molecule has 0 bridgehead atoms. The Bertz CT molecular complexity index is 823. The Morgan fingerprint density at radius 1 is 1.08 bits per heavy atom. The number of nitrogens with two attached hydrogens (primary N) is 1. The van der Waals surface area contributed by atoms with Gasteiger partial charge in [0.05, 0.1) is 26.3 Å². The summed E-state index contributed by atoms with van der Waals surface area (Å²) in [4.78, 5) is 26.2. The maximum atomic E-state index is 12.6. The number of carbonyl (C=O) groups is 2. The van der Waals surface area contributed by atoms with Gasteiger partial charge in [-0.1, -0.05) is 11.6 Å². The molecule has 0 aliphatic carbocycles. The van der Waals surface area contributed by atoms with Gasteiger partial charge in [-0.15, -0.1) is 0 Å². The first kappa shape index (κ1) is 18.2. The van der Waals surface area contributed by atoms with Crippen LogP contribution in [0.2, 0.25) is 5.02 Å². The van der Waals surface area contributed by atoms with Crippen LogP contribution in [0.4, 0.5) is 5.69 Å². The maximum Gasteiger partial charge on any atom is 0.292 e. The second kappa shape index (κ2) is 7.76. The summed E-state index contributed by atoms with van der Waals surface area (Å²) < 4.78 is 10.5. The summed E-state index contributed by atoms with van der Waals surface area (Å²) >= 11 is 5.87. The Hall–Kier alpha value is -2.57. The SMILES string of the molecule is COc1ccc(C[NH2+][C@H]2CC(=O)N(c3ccc(Cl)cc3)C2=O)cc1OC. The molecule has 1 saturated heterocycles. The molecule has 2 aromatic rings. The molecule has 0 unspecified atom stereocenters. The lowest BCUT2D eigenvalue weighted by molar-refractivity contribution is -0.690. The van der Waals surface area contributed by atoms with Gasteiger partial charge >= 0.3 is 0 Å². The Morgan fingerprint density at radius 2 is 1.77 bits per heavy atom. The average molecular weight is 376 g/mol. The first-order valence-electron chi connectivity index (χ1n) is 8.20. The van der Waals surface area contributed by atoms with Gasteiger partial charge in [0.1, 0.15) is 6.54 Å². The van der Waals surface area contributed by atoms with Crippen LogP contribution in [0.25, 0.3) is 0 Å². The third kappa shape index (κ3) is 3.66. The van der Waals surface area contributed by atoms with Crippen molar-refractivity contribution in [2.45, 2.75) is 19.0 Å². The average Bonchev–Trinajstić information content (AvgIpc) is 2.94. The number of quaternary nitrogens is 1. The zero-order valence-corrected chi connectivity index (χ0v) is 15.3. The monoisotopic (exact) mass is 375 g/mol. The number of amides is 2. The molecular weight excluding hydrogens is 356 g/mol. The Balaban J connectivity index is 1.69. The number of benzene rings is 2. The topological polar surface area (TPSA) is 72.5 Å². The molecule has 1 heterocycles. The highest BCUT2D eigenvalue weighted by Crippen LogP contribution is 2.27. The highest BCUT2D eigenvalue weighted by Gasteiger charge is 2.42. The molecule has 26 heavy (non-hydrogen) atoms. The quantitative estimate of drug-likeness (QED) is 0.781. The van der Waals surface area contributed by atoms with Gasteiger partial charge in [0, 0.05) is 10.6 Å². The Kier molecular flexibility index (Phi) is 5.44. The molecule has 2 amide bonds. The number of halogens is 1. The van der Waals surface area contributed by atoms with E-state index in [2.05, 4.69) is 0 Å². The molecule has 3 rings (SSSR count). The molecule has 2 aromatic carbocycles. The van der Waals surface area contributed by atoms with Gasteiger partial charge in [0.15, 0.2) is 17.5 Å². The van der Waals surface area contributed by atoms with E-state index in [1.165, 1.54) is 4.90 Å². The number of hydrogen-bond donors (Lipinski definition) is 1. The largest absolute Gasteiger partial charge is 0.493 e. The van der Waals surface area contributed by atoms with Crippen LogP contribution in [0, 0.1) is 0 Å². The van der Waals surface area contributed by atoms with Crippen molar-refractivity contribution < 1.29 is 24.4 Å². The molecule has 1 atom stereocenters. The summed E-state index contributed by atoms with van der Waals surface area (Å²) in [5.41, 5.74) is 1.53. The number of rotatable bonds is 6. The van der Waals surface area contributed by atoms with E-state index in [1.807, 2.05) is 23.5 Å². The molecule has 7 heteroatoms. The summed E-state index contributed by atoms with van der Waals surface area (Å²) in [6.07, 6.45) is 0.175. The van der Waals surface area contributed by atoms with Crippen molar-refractivity contribution in [3.05, 3.63) is 53.1 Å². The smallest absolute Gasteiger partial charge is 0.292 e. The second-order valence-corrected chi connectivity index (χ2v) is 6.42. The van der Waals surface area contributed by atoms with Gasteiger partial charge in [-0.05, 0) is 42.5 Å². The van der Waals surface area contributed by atoms with Crippen molar-refractivity contribution in [1.82, 2.24) is 0 Å². The number of ether oxygens (including phenoxy) is 2. The van der Waals surface area contributed by atoms with Crippen molar-refractivity contribution >= 4 is 29.1 Å². The lowest BCUT2D eigenvalue weighted by Gasteiger charge is -2.14. The fraction of sp³-hybridized carbons (Fsp3) is 0.263. The summed E-state index contributed by atoms with van der Waals surface area (Å²) in [5.74, 6) is 0.871. The predicted octanol–water partition coefficient (Wildman–Crippen LogP) is 1.75. The van der Waals surface area contributed by atoms with Gasteiger partial charge in [-0.25, -0.2) is 4.90 Å². The van der Waals surface area contributed by atoms with E-state index in [0.29, 0.717) is 28.8 Å². The zero-order chi connectivity index (χ0) is 18.7. The summed E-state index contributed by atoms with van der Waals surface area (Å²) in [6, 6.07) is 11.8. The molecule has 6 nitrogen and oxygen atoms in total. The lowest BCUT2D eigenvalue weighted by Crippen LogP contribution is -2.90. The number of methoxy groups -OCH3 is 2. The first-order valence-corrected chi connectivity index (χ1v) is 8.58. The molecule has 1 aliphatic rings. The van der Waals surface area contributed by atoms with Gasteiger partial charge in [-0.3, -0.25) is 9.59 Å². The minimum Gasteiger partial charge on any atom is -0.493 e. The van der Waals surface area contributed by atoms with Crippen LogP contribution in [0.1, 0.15) is 12.0 Å². The van der Waals surface area contributed by atoms with Crippen LogP contribution < -0.4 is 19.7 Å². The molecule has 136 valence electrons. The summed E-state index contributed by atoms with van der Waals surface area (Å²) in [7, 11) is 3.16. The number of anilines is 1. The highest BCUT2D eigenvalue weighted by molar-refractivity contribution is 6.30. The minimum atomic E-state index is -0.439. The van der Waals surface area contributed by atoms with E-state index in [1.54, 1.807) is 38.5 Å². The van der Waals surface area contributed by atoms with Crippen molar-refractivity contribution in [3.63, 3.8) is 0 Å². The molecule has 0 saturated carbocycles. The lowest BCUT2D eigenvalue weighted by atomic mass is 10.1. The van der Waals surface area contributed by atoms with E-state index in [9.17, 15) is 9.59 Å². The van der Waals surface area contributed by atoms with Crippen molar-refractivity contribution in [3.8, 4) is 11.5 Å².